The van der Waals surface area contributed by atoms with Gasteiger partial charge in [0.25, 0.3) is 0 Å². The third-order valence-corrected chi connectivity index (χ3v) is 12.7. The molecule has 1 aliphatic carbocycles. The summed E-state index contributed by atoms with van der Waals surface area (Å²) in [5.41, 5.74) is 8.04. The van der Waals surface area contributed by atoms with E-state index < -0.39 is 0 Å². The van der Waals surface area contributed by atoms with Crippen molar-refractivity contribution in [3.05, 3.63) is 151 Å². The lowest BCUT2D eigenvalue weighted by atomic mass is 9.84. The van der Waals surface area contributed by atoms with E-state index in [2.05, 4.69) is 146 Å². The number of allylic oxidation sites excluding steroid dienone is 1. The highest BCUT2D eigenvalue weighted by Gasteiger charge is 2.19. The molecule has 1 aliphatic rings. The van der Waals surface area contributed by atoms with Gasteiger partial charge in [0, 0.05) is 40.3 Å². The Hall–Kier alpha value is -5.28. The van der Waals surface area contributed by atoms with Gasteiger partial charge < -0.3 is 0 Å². The van der Waals surface area contributed by atoms with Crippen LogP contribution in [-0.2, 0) is 6.42 Å². The first kappa shape index (κ1) is 26.8. The van der Waals surface area contributed by atoms with Gasteiger partial charge >= 0.3 is 0 Å². The molecule has 0 amide bonds. The van der Waals surface area contributed by atoms with Crippen LogP contribution in [0.2, 0.25) is 0 Å². The Bertz CT molecular complexity index is 2950. The van der Waals surface area contributed by atoms with Crippen LogP contribution in [0.1, 0.15) is 17.5 Å². The highest BCUT2D eigenvalue weighted by molar-refractivity contribution is 7.26. The molecule has 0 spiro atoms. The standard InChI is InChI=1S/C46H28S2/c1-2-10-28-23-30(18-17-27(28)9-1)44-32-11-3-5-13-34(32)45(35-14-6-4-12-33(35)44)31-20-21-41-38(25-31)39-24-29-19-22-42-46(37(29)26-43(39)48-41)36-15-7-8-16-40(36)47-42/h1,3-9,11-26H,2,10H2. The molecule has 10 aromatic rings. The molecule has 11 rings (SSSR count). The molecule has 0 atom stereocenters. The lowest BCUT2D eigenvalue weighted by molar-refractivity contribution is 0.986. The largest absolute Gasteiger partial charge is 0.135 e. The summed E-state index contributed by atoms with van der Waals surface area (Å²) in [4.78, 5) is 0. The molecule has 2 aromatic heterocycles. The lowest BCUT2D eigenvalue weighted by Gasteiger charge is -2.19. The van der Waals surface area contributed by atoms with Crippen LogP contribution in [0, 0.1) is 0 Å². The van der Waals surface area contributed by atoms with Gasteiger partial charge in [-0.2, -0.15) is 0 Å². The second-order valence-corrected chi connectivity index (χ2v) is 15.3. The number of rotatable bonds is 2. The molecule has 0 nitrogen and oxygen atoms in total. The van der Waals surface area contributed by atoms with E-state index in [4.69, 9.17) is 0 Å². The molecule has 2 heteroatoms. The average molecular weight is 645 g/mol. The Morgan fingerprint density at radius 3 is 1.79 bits per heavy atom. The molecular formula is C46H28S2. The van der Waals surface area contributed by atoms with Crippen molar-refractivity contribution in [2.24, 2.45) is 0 Å². The maximum Gasteiger partial charge on any atom is 0.0362 e. The number of aryl methyl sites for hydroxylation is 1. The maximum absolute atomic E-state index is 2.46. The molecule has 0 fully saturated rings. The summed E-state index contributed by atoms with van der Waals surface area (Å²) in [7, 11) is 0. The van der Waals surface area contributed by atoms with Crippen LogP contribution < -0.4 is 0 Å². The first-order valence-corrected chi connectivity index (χ1v) is 18.4. The quantitative estimate of drug-likeness (QED) is 0.164. The molecular weight excluding hydrogens is 617 g/mol. The highest BCUT2D eigenvalue weighted by Crippen LogP contribution is 2.47. The minimum atomic E-state index is 1.10. The Morgan fingerprint density at radius 1 is 0.417 bits per heavy atom. The van der Waals surface area contributed by atoms with E-state index in [-0.39, 0.29) is 0 Å². The number of fused-ring (bicyclic) bond motifs is 11. The summed E-state index contributed by atoms with van der Waals surface area (Å²) in [6, 6.07) is 50.6. The number of hydrogen-bond donors (Lipinski definition) is 0. The zero-order valence-corrected chi connectivity index (χ0v) is 27.7. The van der Waals surface area contributed by atoms with Crippen LogP contribution in [0.4, 0.5) is 0 Å². The van der Waals surface area contributed by atoms with E-state index in [0.29, 0.717) is 0 Å². The first-order valence-electron chi connectivity index (χ1n) is 16.7. The zero-order valence-electron chi connectivity index (χ0n) is 26.1. The Balaban J connectivity index is 1.17. The smallest absolute Gasteiger partial charge is 0.0362 e. The Kier molecular flexibility index (Phi) is 5.63. The topological polar surface area (TPSA) is 0 Å². The van der Waals surface area contributed by atoms with Gasteiger partial charge in [0.05, 0.1) is 0 Å². The maximum atomic E-state index is 2.46. The van der Waals surface area contributed by atoms with E-state index in [1.807, 2.05) is 22.7 Å². The highest BCUT2D eigenvalue weighted by atomic mass is 32.1. The fraction of sp³-hybridized carbons (Fsp3) is 0.0435. The molecule has 0 saturated heterocycles. The average Bonchev–Trinajstić information content (AvgIpc) is 3.70. The van der Waals surface area contributed by atoms with Crippen LogP contribution in [0.5, 0.6) is 0 Å². The molecule has 0 aliphatic heterocycles. The van der Waals surface area contributed by atoms with E-state index >= 15 is 0 Å². The third-order valence-electron chi connectivity index (χ3n) is 10.5. The van der Waals surface area contributed by atoms with Gasteiger partial charge in [-0.15, -0.1) is 22.7 Å². The van der Waals surface area contributed by atoms with Gasteiger partial charge in [-0.3, -0.25) is 0 Å². The van der Waals surface area contributed by atoms with Gasteiger partial charge in [0.2, 0.25) is 0 Å². The molecule has 0 radical (unpaired) electrons. The predicted octanol–water partition coefficient (Wildman–Crippen LogP) is 14.2. The zero-order chi connectivity index (χ0) is 31.3. The molecule has 48 heavy (non-hydrogen) atoms. The monoisotopic (exact) mass is 644 g/mol. The summed E-state index contributed by atoms with van der Waals surface area (Å²) < 4.78 is 5.41. The fourth-order valence-electron chi connectivity index (χ4n) is 8.31. The van der Waals surface area contributed by atoms with Gasteiger partial charge in [0.15, 0.2) is 0 Å². The van der Waals surface area contributed by atoms with Crippen molar-refractivity contribution in [3.8, 4) is 22.3 Å². The molecule has 0 N–H and O–H groups in total. The first-order chi connectivity index (χ1) is 23.8. The van der Waals surface area contributed by atoms with Gasteiger partial charge in [-0.25, -0.2) is 0 Å². The van der Waals surface area contributed by atoms with Crippen molar-refractivity contribution in [2.45, 2.75) is 12.8 Å². The Morgan fingerprint density at radius 2 is 1.02 bits per heavy atom. The van der Waals surface area contributed by atoms with Crippen LogP contribution in [0.25, 0.3) is 101 Å². The molecule has 2 heterocycles. The van der Waals surface area contributed by atoms with E-state index in [1.165, 1.54) is 106 Å². The molecule has 0 bridgehead atoms. The molecule has 224 valence electrons. The van der Waals surface area contributed by atoms with Crippen molar-refractivity contribution < 1.29 is 0 Å². The summed E-state index contributed by atoms with van der Waals surface area (Å²) in [6.45, 7) is 0. The predicted molar refractivity (Wildman–Crippen MR) is 213 cm³/mol. The minimum Gasteiger partial charge on any atom is -0.135 e. The van der Waals surface area contributed by atoms with Crippen LogP contribution in [-0.4, -0.2) is 0 Å². The Labute approximate surface area is 285 Å². The summed E-state index contributed by atoms with van der Waals surface area (Å²) >= 11 is 3.81. The normalized spacial score (nSPS) is 13.2. The summed E-state index contributed by atoms with van der Waals surface area (Å²) in [5, 5.41) is 13.3. The van der Waals surface area contributed by atoms with Crippen molar-refractivity contribution >= 4 is 101 Å². The molecule has 8 aromatic carbocycles. The van der Waals surface area contributed by atoms with Gasteiger partial charge in [0.1, 0.15) is 0 Å². The minimum absolute atomic E-state index is 1.10. The third kappa shape index (κ3) is 3.82. The summed E-state index contributed by atoms with van der Waals surface area (Å²) in [5.74, 6) is 0. The van der Waals surface area contributed by atoms with Gasteiger partial charge in [-0.1, -0.05) is 109 Å². The summed E-state index contributed by atoms with van der Waals surface area (Å²) in [6.07, 6.45) is 6.79. The molecule has 0 saturated carbocycles. The number of hydrogen-bond acceptors (Lipinski definition) is 2. The van der Waals surface area contributed by atoms with Crippen LogP contribution in [0.3, 0.4) is 0 Å². The fourth-order valence-corrected chi connectivity index (χ4v) is 10.5. The van der Waals surface area contributed by atoms with Gasteiger partial charge in [-0.05, 0) is 115 Å². The van der Waals surface area contributed by atoms with Crippen molar-refractivity contribution in [2.75, 3.05) is 0 Å². The SMILES string of the molecule is C1=Cc2ccc(-c3c4ccccc4c(-c4ccc5sc6cc7c(ccc8sc9ccccc9c87)cc6c5c4)c4ccccc34)cc2CC1. The van der Waals surface area contributed by atoms with E-state index in [0.717, 1.165) is 12.8 Å². The van der Waals surface area contributed by atoms with E-state index in [1.54, 1.807) is 0 Å². The van der Waals surface area contributed by atoms with Crippen LogP contribution in [0.15, 0.2) is 140 Å². The van der Waals surface area contributed by atoms with Crippen molar-refractivity contribution in [3.63, 3.8) is 0 Å². The number of thiophene rings is 2. The lowest BCUT2D eigenvalue weighted by Crippen LogP contribution is -1.96. The van der Waals surface area contributed by atoms with Crippen LogP contribution >= 0.6 is 22.7 Å². The van der Waals surface area contributed by atoms with E-state index in [9.17, 15) is 0 Å². The van der Waals surface area contributed by atoms with Crippen molar-refractivity contribution in [1.82, 2.24) is 0 Å². The second-order valence-electron chi connectivity index (χ2n) is 13.1. The van der Waals surface area contributed by atoms with Crippen molar-refractivity contribution in [1.29, 1.82) is 0 Å². The second kappa shape index (κ2) is 10.1. The number of benzene rings is 8. The molecule has 0 unspecified atom stereocenters.